The zero-order chi connectivity index (χ0) is 20.6. The lowest BCUT2D eigenvalue weighted by molar-refractivity contribution is -0.137. The van der Waals surface area contributed by atoms with E-state index in [4.69, 9.17) is 0 Å². The van der Waals surface area contributed by atoms with Crippen LogP contribution in [0.4, 0.5) is 11.4 Å². The molecule has 7 rings (SSSR count). The van der Waals surface area contributed by atoms with E-state index in [0.29, 0.717) is 11.4 Å². The Hall–Kier alpha value is -3.54. The maximum atomic E-state index is 13.3. The van der Waals surface area contributed by atoms with Gasteiger partial charge in [0.15, 0.2) is 0 Å². The van der Waals surface area contributed by atoms with Crippen molar-refractivity contribution in [2.75, 3.05) is 9.80 Å². The maximum absolute atomic E-state index is 13.3. The number of anilines is 2. The smallest absolute Gasteiger partial charge is 0.238 e. The minimum atomic E-state index is -0.596. The molecule has 2 aromatic rings. The lowest BCUT2D eigenvalue weighted by atomic mass is 9.54. The third kappa shape index (κ3) is 2.03. The molecule has 3 aliphatic carbocycles. The van der Waals surface area contributed by atoms with Crippen molar-refractivity contribution in [3.63, 3.8) is 0 Å². The molecule has 2 aromatic carbocycles. The summed E-state index contributed by atoms with van der Waals surface area (Å²) in [6.45, 7) is 0. The van der Waals surface area contributed by atoms with E-state index < -0.39 is 35.5 Å². The predicted octanol–water partition coefficient (Wildman–Crippen LogP) is 2.41. The number of carbonyl (C=O) groups excluding carboxylic acids is 4. The summed E-state index contributed by atoms with van der Waals surface area (Å²) in [6.07, 6.45) is 3.76. The van der Waals surface area contributed by atoms with Crippen molar-refractivity contribution in [3.05, 3.63) is 72.8 Å². The summed E-state index contributed by atoms with van der Waals surface area (Å²) in [7, 11) is 0. The molecule has 6 nitrogen and oxygen atoms in total. The van der Waals surface area contributed by atoms with Crippen molar-refractivity contribution in [1.29, 1.82) is 0 Å². The highest BCUT2D eigenvalue weighted by Gasteiger charge is 2.68. The first-order valence-corrected chi connectivity index (χ1v) is 10.1. The summed E-state index contributed by atoms with van der Waals surface area (Å²) in [5.41, 5.74) is 1.07. The van der Waals surface area contributed by atoms with Crippen molar-refractivity contribution >= 4 is 35.0 Å². The van der Waals surface area contributed by atoms with Gasteiger partial charge in [-0.2, -0.15) is 0 Å². The topological polar surface area (TPSA) is 74.8 Å². The molecule has 5 aliphatic rings. The summed E-state index contributed by atoms with van der Waals surface area (Å²) in [6, 6.07) is 17.7. The number of allylic oxidation sites excluding steroid dienone is 2. The Kier molecular flexibility index (Phi) is 3.46. The van der Waals surface area contributed by atoms with E-state index in [-0.39, 0.29) is 23.6 Å². The third-order valence-electron chi connectivity index (χ3n) is 7.04. The van der Waals surface area contributed by atoms with Crippen molar-refractivity contribution in [3.8, 4) is 0 Å². The Labute approximate surface area is 172 Å². The summed E-state index contributed by atoms with van der Waals surface area (Å²) in [5, 5.41) is 0. The van der Waals surface area contributed by atoms with Crippen LogP contribution in [0, 0.1) is 35.5 Å². The third-order valence-corrected chi connectivity index (χ3v) is 7.04. The standard InChI is InChI=1S/C24H18N2O4/c27-21-17-15-11-12-16(18(17)22(28)25(21)13-7-3-1-4-8-13)20-19(15)23(29)26(24(20)30)14-9-5-2-6-10-14/h1-12,15-20H/t15?,16?,17-,18-,19-,20-/m1/s1. The maximum Gasteiger partial charge on any atom is 0.238 e. The first-order chi connectivity index (χ1) is 14.6. The van der Waals surface area contributed by atoms with Crippen molar-refractivity contribution in [1.82, 2.24) is 0 Å². The van der Waals surface area contributed by atoms with Gasteiger partial charge in [-0.05, 0) is 24.3 Å². The van der Waals surface area contributed by atoms with Crippen LogP contribution in [-0.4, -0.2) is 23.6 Å². The number of hydrogen-bond donors (Lipinski definition) is 0. The number of imide groups is 2. The van der Waals surface area contributed by atoms with Gasteiger partial charge in [-0.3, -0.25) is 29.0 Å². The van der Waals surface area contributed by atoms with Gasteiger partial charge in [0.25, 0.3) is 0 Å². The van der Waals surface area contributed by atoms with Crippen LogP contribution in [0.1, 0.15) is 0 Å². The summed E-state index contributed by atoms with van der Waals surface area (Å²) >= 11 is 0. The SMILES string of the molecule is O=C1[C@@H]2C3C=CC([C@H]2C(=O)N1c1ccccc1)[C@H]1C(=O)N(c2ccccc2)C(=O)[C@H]31. The van der Waals surface area contributed by atoms with Crippen LogP contribution in [0.5, 0.6) is 0 Å². The lowest BCUT2D eigenvalue weighted by Crippen LogP contribution is -2.50. The fraction of sp³-hybridized carbons (Fsp3) is 0.250. The van der Waals surface area contributed by atoms with Gasteiger partial charge < -0.3 is 0 Å². The van der Waals surface area contributed by atoms with E-state index in [0.717, 1.165) is 0 Å². The molecular formula is C24H18N2O4. The van der Waals surface area contributed by atoms with Gasteiger partial charge >= 0.3 is 0 Å². The van der Waals surface area contributed by atoms with Gasteiger partial charge in [-0.15, -0.1) is 0 Å². The summed E-state index contributed by atoms with van der Waals surface area (Å²) in [4.78, 5) is 55.8. The Bertz CT molecular complexity index is 993. The normalized spacial score (nSPS) is 34.0. The Morgan fingerprint density at radius 3 is 1.07 bits per heavy atom. The van der Waals surface area contributed by atoms with Gasteiger partial charge in [0.1, 0.15) is 0 Å². The van der Waals surface area contributed by atoms with Crippen LogP contribution >= 0.6 is 0 Å². The molecular weight excluding hydrogens is 380 g/mol. The predicted molar refractivity (Wildman–Crippen MR) is 108 cm³/mol. The Morgan fingerprint density at radius 2 is 0.767 bits per heavy atom. The van der Waals surface area contributed by atoms with E-state index in [1.54, 1.807) is 48.5 Å². The van der Waals surface area contributed by atoms with E-state index >= 15 is 0 Å². The van der Waals surface area contributed by atoms with Crippen LogP contribution in [0.25, 0.3) is 0 Å². The highest BCUT2D eigenvalue weighted by atomic mass is 16.2. The van der Waals surface area contributed by atoms with Crippen LogP contribution in [0.15, 0.2) is 72.8 Å². The number of para-hydroxylation sites is 2. The molecule has 0 unspecified atom stereocenters. The fourth-order valence-corrected chi connectivity index (χ4v) is 5.89. The van der Waals surface area contributed by atoms with Crippen molar-refractivity contribution < 1.29 is 19.2 Å². The number of amides is 4. The molecule has 4 atom stereocenters. The Balaban J connectivity index is 1.42. The molecule has 148 valence electrons. The number of rotatable bonds is 2. The monoisotopic (exact) mass is 398 g/mol. The molecule has 0 spiro atoms. The molecule has 2 aliphatic heterocycles. The Morgan fingerprint density at radius 1 is 0.467 bits per heavy atom. The van der Waals surface area contributed by atoms with E-state index in [2.05, 4.69) is 0 Å². The van der Waals surface area contributed by atoms with Crippen LogP contribution in [-0.2, 0) is 19.2 Å². The second-order valence-electron chi connectivity index (χ2n) is 8.34. The van der Waals surface area contributed by atoms with E-state index in [1.165, 1.54) is 9.80 Å². The minimum Gasteiger partial charge on any atom is -0.274 e. The number of hydrogen-bond acceptors (Lipinski definition) is 4. The first-order valence-electron chi connectivity index (χ1n) is 10.1. The molecule has 2 bridgehead atoms. The number of nitrogens with zero attached hydrogens (tertiary/aromatic N) is 2. The minimum absolute atomic E-state index is 0.271. The summed E-state index contributed by atoms with van der Waals surface area (Å²) < 4.78 is 0. The molecule has 30 heavy (non-hydrogen) atoms. The molecule has 4 amide bonds. The largest absolute Gasteiger partial charge is 0.274 e. The van der Waals surface area contributed by atoms with Gasteiger partial charge in [0, 0.05) is 11.8 Å². The highest BCUT2D eigenvalue weighted by molar-refractivity contribution is 6.26. The second kappa shape index (κ2) is 5.98. The van der Waals surface area contributed by atoms with Gasteiger partial charge in [-0.25, -0.2) is 0 Å². The number of benzene rings is 2. The van der Waals surface area contributed by atoms with Gasteiger partial charge in [-0.1, -0.05) is 48.6 Å². The van der Waals surface area contributed by atoms with Crippen LogP contribution in [0.3, 0.4) is 0 Å². The molecule has 1 saturated carbocycles. The first kappa shape index (κ1) is 17.3. The molecule has 6 heteroatoms. The molecule has 0 N–H and O–H groups in total. The van der Waals surface area contributed by atoms with Gasteiger partial charge in [0.05, 0.1) is 35.0 Å². The lowest BCUT2D eigenvalue weighted by Gasteiger charge is -2.44. The average molecular weight is 398 g/mol. The van der Waals surface area contributed by atoms with Crippen molar-refractivity contribution in [2.45, 2.75) is 0 Å². The van der Waals surface area contributed by atoms with Crippen LogP contribution in [0.2, 0.25) is 0 Å². The quantitative estimate of drug-likeness (QED) is 0.575. The zero-order valence-electron chi connectivity index (χ0n) is 15.9. The van der Waals surface area contributed by atoms with Crippen molar-refractivity contribution in [2.24, 2.45) is 35.5 Å². The van der Waals surface area contributed by atoms with Crippen LogP contribution < -0.4 is 9.80 Å². The zero-order valence-corrected chi connectivity index (χ0v) is 15.9. The second-order valence-corrected chi connectivity index (χ2v) is 8.34. The molecule has 0 aromatic heterocycles. The molecule has 3 fully saturated rings. The highest BCUT2D eigenvalue weighted by Crippen LogP contribution is 2.58. The van der Waals surface area contributed by atoms with E-state index in [9.17, 15) is 19.2 Å². The molecule has 0 radical (unpaired) electrons. The van der Waals surface area contributed by atoms with E-state index in [1.807, 2.05) is 24.3 Å². The fourth-order valence-electron chi connectivity index (χ4n) is 5.89. The molecule has 2 heterocycles. The number of carbonyl (C=O) groups is 4. The molecule has 2 saturated heterocycles. The van der Waals surface area contributed by atoms with Gasteiger partial charge in [0.2, 0.25) is 23.6 Å². The average Bonchev–Trinajstić information content (AvgIpc) is 3.22. The summed E-state index contributed by atoms with van der Waals surface area (Å²) in [5.74, 6) is -4.36.